The molecule has 0 spiro atoms. The molecule has 1 aliphatic rings. The highest BCUT2D eigenvalue weighted by molar-refractivity contribution is 8.00. The molecule has 2 rings (SSSR count). The van der Waals surface area contributed by atoms with E-state index in [1.54, 1.807) is 0 Å². The lowest BCUT2D eigenvalue weighted by Crippen LogP contribution is -2.39. The van der Waals surface area contributed by atoms with Crippen molar-refractivity contribution in [1.82, 2.24) is 0 Å². The van der Waals surface area contributed by atoms with Crippen LogP contribution in [0.3, 0.4) is 0 Å². The normalized spacial score (nSPS) is 19.1. The smallest absolute Gasteiger partial charge is 0.241 e. The van der Waals surface area contributed by atoms with Crippen LogP contribution in [-0.2, 0) is 4.79 Å². The molecule has 0 N–H and O–H groups in total. The van der Waals surface area contributed by atoms with Gasteiger partial charge in [-0.05, 0) is 37.1 Å². The van der Waals surface area contributed by atoms with Gasteiger partial charge in [0.15, 0.2) is 0 Å². The highest BCUT2D eigenvalue weighted by Crippen LogP contribution is 2.40. The van der Waals surface area contributed by atoms with Crippen LogP contribution in [-0.4, -0.2) is 23.6 Å². The van der Waals surface area contributed by atoms with E-state index in [1.165, 1.54) is 16.0 Å². The molecule has 1 atom stereocenters. The summed E-state index contributed by atoms with van der Waals surface area (Å²) in [5.74, 6) is 0.0346. The topological polar surface area (TPSA) is 20.3 Å². The Morgan fingerprint density at radius 3 is 2.76 bits per heavy atom. The molecule has 2 nitrogen and oxygen atoms in total. The first kappa shape index (κ1) is 12.8. The molecule has 4 heteroatoms. The van der Waals surface area contributed by atoms with Gasteiger partial charge in [-0.1, -0.05) is 6.92 Å². The minimum Gasteiger partial charge on any atom is -0.309 e. The molecular formula is C13H16ClNOS. The lowest BCUT2D eigenvalue weighted by molar-refractivity contribution is -0.116. The van der Waals surface area contributed by atoms with Crippen molar-refractivity contribution in [2.24, 2.45) is 0 Å². The van der Waals surface area contributed by atoms with Gasteiger partial charge in [0.2, 0.25) is 5.91 Å². The fraction of sp³-hybridized carbons (Fsp3) is 0.462. The first-order valence-electron chi connectivity index (χ1n) is 5.67. The minimum atomic E-state index is -0.0108. The molecule has 1 heterocycles. The van der Waals surface area contributed by atoms with Crippen LogP contribution >= 0.6 is 23.4 Å². The Balaban J connectivity index is 2.48. The fourth-order valence-corrected chi connectivity index (χ4v) is 3.33. The van der Waals surface area contributed by atoms with Gasteiger partial charge in [0.25, 0.3) is 0 Å². The highest BCUT2D eigenvalue weighted by Gasteiger charge is 2.26. The Morgan fingerprint density at radius 1 is 1.47 bits per heavy atom. The Bertz CT molecular complexity index is 461. The van der Waals surface area contributed by atoms with Crippen LogP contribution in [0.15, 0.2) is 17.0 Å². The van der Waals surface area contributed by atoms with Crippen molar-refractivity contribution in [3.05, 3.63) is 23.3 Å². The number of rotatable bonds is 1. The van der Waals surface area contributed by atoms with E-state index in [4.69, 9.17) is 11.6 Å². The Hall–Kier alpha value is -0.670. The van der Waals surface area contributed by atoms with Gasteiger partial charge in [0.05, 0.1) is 5.69 Å². The zero-order chi connectivity index (χ0) is 12.6. The molecule has 0 aliphatic carbocycles. The van der Waals surface area contributed by atoms with E-state index in [2.05, 4.69) is 32.9 Å². The molecule has 0 fully saturated rings. The van der Waals surface area contributed by atoms with E-state index in [-0.39, 0.29) is 11.8 Å². The van der Waals surface area contributed by atoms with Crippen molar-refractivity contribution in [3.63, 3.8) is 0 Å². The van der Waals surface area contributed by atoms with Crippen molar-refractivity contribution in [2.45, 2.75) is 30.9 Å². The predicted octanol–water partition coefficient (Wildman–Crippen LogP) is 3.37. The SMILES string of the molecule is Cc1cc2c(cc1C)N(C(=O)CCl)CC(C)S2. The molecule has 0 aromatic heterocycles. The van der Waals surface area contributed by atoms with Crippen molar-refractivity contribution < 1.29 is 4.79 Å². The first-order chi connectivity index (χ1) is 8.02. The van der Waals surface area contributed by atoms with Gasteiger partial charge in [-0.15, -0.1) is 23.4 Å². The van der Waals surface area contributed by atoms with Crippen LogP contribution in [0.2, 0.25) is 0 Å². The summed E-state index contributed by atoms with van der Waals surface area (Å²) in [4.78, 5) is 14.9. The summed E-state index contributed by atoms with van der Waals surface area (Å²) in [7, 11) is 0. The van der Waals surface area contributed by atoms with Gasteiger partial charge < -0.3 is 4.90 Å². The molecular weight excluding hydrogens is 254 g/mol. The lowest BCUT2D eigenvalue weighted by atomic mass is 10.1. The maximum Gasteiger partial charge on any atom is 0.241 e. The molecule has 1 aromatic rings. The number of fused-ring (bicyclic) bond motifs is 1. The number of alkyl halides is 1. The van der Waals surface area contributed by atoms with Crippen molar-refractivity contribution in [3.8, 4) is 0 Å². The second kappa shape index (κ2) is 4.91. The number of thioether (sulfide) groups is 1. The summed E-state index contributed by atoms with van der Waals surface area (Å²) in [6.07, 6.45) is 0. The number of anilines is 1. The molecule has 1 aliphatic heterocycles. The summed E-state index contributed by atoms with van der Waals surface area (Å²) in [6, 6.07) is 4.26. The summed E-state index contributed by atoms with van der Waals surface area (Å²) in [5, 5.41) is 0.414. The standard InChI is InChI=1S/C13H16ClNOS/c1-8-4-11-12(5-9(8)2)17-10(3)7-15(11)13(16)6-14/h4-5,10H,6-7H2,1-3H3. The highest BCUT2D eigenvalue weighted by atomic mass is 35.5. The minimum absolute atomic E-state index is 0.0108. The Morgan fingerprint density at radius 2 is 2.12 bits per heavy atom. The maximum absolute atomic E-state index is 11.9. The summed E-state index contributed by atoms with van der Waals surface area (Å²) < 4.78 is 0. The third kappa shape index (κ3) is 2.45. The van der Waals surface area contributed by atoms with Crippen LogP contribution in [0.4, 0.5) is 5.69 Å². The molecule has 1 amide bonds. The average Bonchev–Trinajstić information content (AvgIpc) is 2.29. The van der Waals surface area contributed by atoms with Gasteiger partial charge in [-0.2, -0.15) is 0 Å². The number of hydrogen-bond acceptors (Lipinski definition) is 2. The van der Waals surface area contributed by atoms with Gasteiger partial charge in [-0.3, -0.25) is 4.79 Å². The molecule has 17 heavy (non-hydrogen) atoms. The van der Waals surface area contributed by atoms with Crippen LogP contribution < -0.4 is 4.90 Å². The van der Waals surface area contributed by atoms with Gasteiger partial charge in [-0.25, -0.2) is 0 Å². The van der Waals surface area contributed by atoms with E-state index in [1.807, 2.05) is 16.7 Å². The lowest BCUT2D eigenvalue weighted by Gasteiger charge is -2.33. The quantitative estimate of drug-likeness (QED) is 0.729. The molecule has 0 radical (unpaired) electrons. The van der Waals surface area contributed by atoms with E-state index in [0.717, 1.165) is 12.2 Å². The van der Waals surface area contributed by atoms with Gasteiger partial charge in [0.1, 0.15) is 5.88 Å². The van der Waals surface area contributed by atoms with Crippen LogP contribution in [0.1, 0.15) is 18.1 Å². The van der Waals surface area contributed by atoms with Gasteiger partial charge in [0, 0.05) is 16.7 Å². The van der Waals surface area contributed by atoms with Crippen LogP contribution in [0.25, 0.3) is 0 Å². The predicted molar refractivity (Wildman–Crippen MR) is 74.3 cm³/mol. The largest absolute Gasteiger partial charge is 0.309 e. The zero-order valence-electron chi connectivity index (χ0n) is 10.3. The van der Waals surface area contributed by atoms with E-state index in [0.29, 0.717) is 5.25 Å². The van der Waals surface area contributed by atoms with Crippen LogP contribution in [0, 0.1) is 13.8 Å². The number of aryl methyl sites for hydroxylation is 2. The average molecular weight is 270 g/mol. The zero-order valence-corrected chi connectivity index (χ0v) is 11.9. The number of nitrogens with zero attached hydrogens (tertiary/aromatic N) is 1. The first-order valence-corrected chi connectivity index (χ1v) is 7.08. The monoisotopic (exact) mass is 269 g/mol. The van der Waals surface area contributed by atoms with E-state index in [9.17, 15) is 4.79 Å². The third-order valence-corrected chi connectivity index (χ3v) is 4.41. The second-order valence-corrected chi connectivity index (χ2v) is 6.22. The maximum atomic E-state index is 11.9. The van der Waals surface area contributed by atoms with Crippen molar-refractivity contribution in [1.29, 1.82) is 0 Å². The molecule has 1 aromatic carbocycles. The van der Waals surface area contributed by atoms with Crippen molar-refractivity contribution in [2.75, 3.05) is 17.3 Å². The number of carbonyl (C=O) groups excluding carboxylic acids is 1. The summed E-state index contributed by atoms with van der Waals surface area (Å²) >= 11 is 7.50. The number of hydrogen-bond donors (Lipinski definition) is 0. The molecule has 0 bridgehead atoms. The Labute approximate surface area is 111 Å². The Kier molecular flexibility index (Phi) is 3.69. The molecule has 0 saturated carbocycles. The number of carbonyl (C=O) groups is 1. The summed E-state index contributed by atoms with van der Waals surface area (Å²) in [5.41, 5.74) is 3.50. The van der Waals surface area contributed by atoms with E-state index < -0.39 is 0 Å². The molecule has 0 saturated heterocycles. The fourth-order valence-electron chi connectivity index (χ4n) is 2.00. The third-order valence-electron chi connectivity index (χ3n) is 3.05. The number of halogens is 1. The number of benzene rings is 1. The van der Waals surface area contributed by atoms with Gasteiger partial charge >= 0.3 is 0 Å². The molecule has 1 unspecified atom stereocenters. The second-order valence-electron chi connectivity index (χ2n) is 4.47. The molecule has 92 valence electrons. The van der Waals surface area contributed by atoms with E-state index >= 15 is 0 Å². The van der Waals surface area contributed by atoms with Crippen molar-refractivity contribution >= 4 is 35.0 Å². The summed E-state index contributed by atoms with van der Waals surface area (Å²) in [6.45, 7) is 7.05. The number of amides is 1. The van der Waals surface area contributed by atoms with Crippen LogP contribution in [0.5, 0.6) is 0 Å².